The van der Waals surface area contributed by atoms with E-state index in [1.807, 2.05) is 0 Å². The third kappa shape index (κ3) is 2.76. The van der Waals surface area contributed by atoms with Crippen molar-refractivity contribution in [3.8, 4) is 0 Å². The first-order chi connectivity index (χ1) is 8.59. The monoisotopic (exact) mass is 283 g/mol. The van der Waals surface area contributed by atoms with Gasteiger partial charge < -0.3 is 15.5 Å². The van der Waals surface area contributed by atoms with E-state index in [0.717, 1.165) is 0 Å². The van der Waals surface area contributed by atoms with Gasteiger partial charge in [-0.25, -0.2) is 0 Å². The van der Waals surface area contributed by atoms with Gasteiger partial charge in [0.25, 0.3) is 0 Å². The van der Waals surface area contributed by atoms with Crippen LogP contribution in [0.4, 0.5) is 11.4 Å². The van der Waals surface area contributed by atoms with Gasteiger partial charge in [0.05, 0.1) is 15.7 Å². The Balaban J connectivity index is 2.40. The maximum absolute atomic E-state index is 9.27. The lowest BCUT2D eigenvalue weighted by atomic mass is 10.1. The Morgan fingerprint density at radius 3 is 2.11 bits per heavy atom. The summed E-state index contributed by atoms with van der Waals surface area (Å²) in [6, 6.07) is 12.0. The second-order valence-corrected chi connectivity index (χ2v) is 4.50. The summed E-state index contributed by atoms with van der Waals surface area (Å²) in [5.41, 5.74) is 1.44. The highest BCUT2D eigenvalue weighted by atomic mass is 35.5. The Morgan fingerprint density at radius 2 is 1.50 bits per heavy atom. The van der Waals surface area contributed by atoms with E-state index in [2.05, 4.69) is 5.32 Å². The van der Waals surface area contributed by atoms with Crippen molar-refractivity contribution >= 4 is 34.6 Å². The molecule has 0 bridgehead atoms. The summed E-state index contributed by atoms with van der Waals surface area (Å²) >= 11 is 12.1. The third-order valence-electron chi connectivity index (χ3n) is 2.46. The Hall–Kier alpha value is -1.26. The van der Waals surface area contributed by atoms with Crippen LogP contribution >= 0.6 is 23.2 Å². The fraction of sp³-hybridized carbons (Fsp3) is 0.0769. The third-order valence-corrected chi connectivity index (χ3v) is 3.09. The van der Waals surface area contributed by atoms with Gasteiger partial charge in [-0.1, -0.05) is 47.5 Å². The van der Waals surface area contributed by atoms with Gasteiger partial charge in [0, 0.05) is 11.3 Å². The van der Waals surface area contributed by atoms with Crippen molar-refractivity contribution < 1.29 is 10.2 Å². The summed E-state index contributed by atoms with van der Waals surface area (Å²) in [7, 11) is 0. The summed E-state index contributed by atoms with van der Waals surface area (Å²) in [6.45, 7) is 0. The van der Waals surface area contributed by atoms with Crippen molar-refractivity contribution in [3.05, 3.63) is 58.1 Å². The maximum atomic E-state index is 9.27. The normalized spacial score (nSPS) is 10.7. The molecule has 0 aliphatic carbocycles. The molecule has 0 saturated heterocycles. The molecular formula is C13H11Cl2NO2. The van der Waals surface area contributed by atoms with Crippen molar-refractivity contribution in [1.82, 2.24) is 0 Å². The van der Waals surface area contributed by atoms with Crippen LogP contribution in [-0.4, -0.2) is 10.2 Å². The zero-order chi connectivity index (χ0) is 13.1. The number of aliphatic hydroxyl groups is 2. The van der Waals surface area contributed by atoms with Crippen LogP contribution in [-0.2, 0) is 0 Å². The second kappa shape index (κ2) is 5.59. The molecule has 0 saturated carbocycles. The lowest BCUT2D eigenvalue weighted by molar-refractivity contribution is -0.0418. The Labute approximate surface area is 115 Å². The lowest BCUT2D eigenvalue weighted by Crippen LogP contribution is -2.01. The minimum atomic E-state index is -1.56. The van der Waals surface area contributed by atoms with E-state index >= 15 is 0 Å². The predicted molar refractivity (Wildman–Crippen MR) is 73.4 cm³/mol. The average Bonchev–Trinajstić information content (AvgIpc) is 2.34. The summed E-state index contributed by atoms with van der Waals surface area (Å²) in [5, 5.41) is 22.5. The molecule has 0 atom stereocenters. The standard InChI is InChI=1S/C13H11Cl2NO2/c14-9-5-3-6-10(15)12(9)16-11-7-2-1-4-8(11)13(17)18/h1-7,13,16-18H. The summed E-state index contributed by atoms with van der Waals surface area (Å²) < 4.78 is 0. The molecule has 0 unspecified atom stereocenters. The van der Waals surface area contributed by atoms with E-state index in [-0.39, 0.29) is 0 Å². The largest absolute Gasteiger partial charge is 0.364 e. The number of aliphatic hydroxyl groups excluding tert-OH is 1. The number of benzene rings is 2. The van der Waals surface area contributed by atoms with E-state index in [0.29, 0.717) is 27.0 Å². The Morgan fingerprint density at radius 1 is 0.889 bits per heavy atom. The molecule has 0 aliphatic rings. The van der Waals surface area contributed by atoms with Gasteiger partial charge in [-0.3, -0.25) is 0 Å². The quantitative estimate of drug-likeness (QED) is 0.753. The van der Waals surface area contributed by atoms with Gasteiger partial charge >= 0.3 is 0 Å². The maximum Gasteiger partial charge on any atom is 0.180 e. The van der Waals surface area contributed by atoms with Crippen LogP contribution in [0.5, 0.6) is 0 Å². The molecule has 0 amide bonds. The van der Waals surface area contributed by atoms with Crippen LogP contribution in [0, 0.1) is 0 Å². The molecule has 0 heterocycles. The molecule has 5 heteroatoms. The Kier molecular flexibility index (Phi) is 4.09. The lowest BCUT2D eigenvalue weighted by Gasteiger charge is -2.15. The first-order valence-electron chi connectivity index (χ1n) is 5.25. The van der Waals surface area contributed by atoms with Crippen molar-refractivity contribution in [3.63, 3.8) is 0 Å². The van der Waals surface area contributed by atoms with Gasteiger partial charge in [0.15, 0.2) is 6.29 Å². The molecular weight excluding hydrogens is 273 g/mol. The van der Waals surface area contributed by atoms with Crippen molar-refractivity contribution in [2.24, 2.45) is 0 Å². The zero-order valence-corrected chi connectivity index (χ0v) is 10.8. The molecule has 0 fully saturated rings. The highest BCUT2D eigenvalue weighted by Gasteiger charge is 2.11. The fourth-order valence-corrected chi connectivity index (χ4v) is 2.08. The minimum Gasteiger partial charge on any atom is -0.364 e. The van der Waals surface area contributed by atoms with Gasteiger partial charge in [-0.2, -0.15) is 0 Å². The highest BCUT2D eigenvalue weighted by molar-refractivity contribution is 6.39. The Bertz CT molecular complexity index is 538. The van der Waals surface area contributed by atoms with Crippen LogP contribution in [0.2, 0.25) is 10.0 Å². The summed E-state index contributed by atoms with van der Waals surface area (Å²) in [6.07, 6.45) is -1.56. The van der Waals surface area contributed by atoms with Crippen LogP contribution < -0.4 is 5.32 Å². The van der Waals surface area contributed by atoms with E-state index in [1.165, 1.54) is 0 Å². The number of hydrogen-bond donors (Lipinski definition) is 3. The molecule has 2 aromatic carbocycles. The number of hydrogen-bond acceptors (Lipinski definition) is 3. The van der Waals surface area contributed by atoms with Crippen LogP contribution in [0.25, 0.3) is 0 Å². The van der Waals surface area contributed by atoms with Gasteiger partial charge in [-0.15, -0.1) is 0 Å². The average molecular weight is 284 g/mol. The number of halogens is 2. The van der Waals surface area contributed by atoms with Crippen LogP contribution in [0.1, 0.15) is 11.9 Å². The molecule has 94 valence electrons. The van der Waals surface area contributed by atoms with E-state index in [9.17, 15) is 10.2 Å². The van der Waals surface area contributed by atoms with Crippen molar-refractivity contribution in [2.75, 3.05) is 5.32 Å². The van der Waals surface area contributed by atoms with Crippen molar-refractivity contribution in [1.29, 1.82) is 0 Å². The molecule has 0 radical (unpaired) electrons. The molecule has 3 N–H and O–H groups in total. The molecule has 0 spiro atoms. The second-order valence-electron chi connectivity index (χ2n) is 3.68. The molecule has 2 rings (SSSR count). The van der Waals surface area contributed by atoms with E-state index in [4.69, 9.17) is 23.2 Å². The predicted octanol–water partition coefficient (Wildman–Crippen LogP) is 3.72. The smallest absolute Gasteiger partial charge is 0.180 e. The van der Waals surface area contributed by atoms with Gasteiger partial charge in [0.1, 0.15) is 0 Å². The zero-order valence-electron chi connectivity index (χ0n) is 9.27. The fourth-order valence-electron chi connectivity index (χ4n) is 1.59. The van der Waals surface area contributed by atoms with Crippen LogP contribution in [0.3, 0.4) is 0 Å². The number of nitrogens with one attached hydrogen (secondary N) is 1. The van der Waals surface area contributed by atoms with E-state index < -0.39 is 6.29 Å². The summed E-state index contributed by atoms with van der Waals surface area (Å²) in [5.74, 6) is 0. The minimum absolute atomic E-state index is 0.355. The molecule has 0 aliphatic heterocycles. The number of para-hydroxylation sites is 2. The highest BCUT2D eigenvalue weighted by Crippen LogP contribution is 2.34. The van der Waals surface area contributed by atoms with Gasteiger partial charge in [0.2, 0.25) is 0 Å². The topological polar surface area (TPSA) is 52.5 Å². The molecule has 0 aromatic heterocycles. The van der Waals surface area contributed by atoms with Crippen molar-refractivity contribution in [2.45, 2.75) is 6.29 Å². The molecule has 3 nitrogen and oxygen atoms in total. The van der Waals surface area contributed by atoms with Gasteiger partial charge in [-0.05, 0) is 18.2 Å². The number of rotatable bonds is 3. The first-order valence-corrected chi connectivity index (χ1v) is 6.01. The number of anilines is 2. The molecule has 18 heavy (non-hydrogen) atoms. The summed E-state index contributed by atoms with van der Waals surface area (Å²) in [4.78, 5) is 0. The first kappa shape index (κ1) is 13.2. The van der Waals surface area contributed by atoms with Crippen LogP contribution in [0.15, 0.2) is 42.5 Å². The SMILES string of the molecule is OC(O)c1ccccc1Nc1c(Cl)cccc1Cl. The van der Waals surface area contributed by atoms with E-state index in [1.54, 1.807) is 42.5 Å². The molecule has 2 aromatic rings.